The predicted molar refractivity (Wildman–Crippen MR) is 70.3 cm³/mol. The van der Waals surface area contributed by atoms with Crippen LogP contribution in [-0.4, -0.2) is 41.5 Å². The van der Waals surface area contributed by atoms with Crippen LogP contribution in [0.25, 0.3) is 10.8 Å². The summed E-state index contributed by atoms with van der Waals surface area (Å²) in [6.45, 7) is 5.22. The van der Waals surface area contributed by atoms with Crippen LogP contribution in [0.3, 0.4) is 0 Å². The van der Waals surface area contributed by atoms with E-state index < -0.39 is 0 Å². The molecule has 0 spiro atoms. The van der Waals surface area contributed by atoms with Gasteiger partial charge in [-0.3, -0.25) is 0 Å². The number of nitrogens with one attached hydrogen (secondary N) is 1. The Balaban J connectivity index is 1.94. The van der Waals surface area contributed by atoms with E-state index in [1.54, 1.807) is 0 Å². The molecular formula is C13H16N4O. The molecule has 1 aromatic carbocycles. The maximum Gasteiger partial charge on any atom is 0.170 e. The second-order valence-corrected chi connectivity index (χ2v) is 4.39. The molecule has 1 N–H and O–H groups in total. The molecule has 0 amide bonds. The molecule has 18 heavy (non-hydrogen) atoms. The molecule has 0 radical (unpaired) electrons. The van der Waals surface area contributed by atoms with Gasteiger partial charge in [0.05, 0.1) is 18.9 Å². The predicted octanol–water partition coefficient (Wildman–Crippen LogP) is 1.60. The number of benzene rings is 1. The van der Waals surface area contributed by atoms with Crippen LogP contribution >= 0.6 is 0 Å². The van der Waals surface area contributed by atoms with Crippen molar-refractivity contribution in [3.05, 3.63) is 30.0 Å². The maximum absolute atomic E-state index is 5.33. The van der Waals surface area contributed by atoms with Gasteiger partial charge in [-0.25, -0.2) is 5.01 Å². The molecule has 0 saturated carbocycles. The Hall–Kier alpha value is -1.72. The number of aryl methyl sites for hydroxylation is 1. The van der Waals surface area contributed by atoms with Crippen LogP contribution in [0.1, 0.15) is 5.69 Å². The Labute approximate surface area is 106 Å². The first-order valence-electron chi connectivity index (χ1n) is 6.16. The molecule has 1 aliphatic rings. The molecule has 1 saturated heterocycles. The van der Waals surface area contributed by atoms with Crippen molar-refractivity contribution in [1.82, 2.24) is 15.2 Å². The standard InChI is InChI=1S/C13H16N4O/c1-10-11-4-2-3-5-12(11)13(15-14-10)16-17-6-8-18-9-7-17/h2-5H,6-9H2,1H3,(H,15,16). The molecule has 2 heterocycles. The molecule has 2 aromatic rings. The first-order valence-corrected chi connectivity index (χ1v) is 6.16. The van der Waals surface area contributed by atoms with Gasteiger partial charge in [0, 0.05) is 23.9 Å². The Morgan fingerprint density at radius 3 is 2.61 bits per heavy atom. The van der Waals surface area contributed by atoms with E-state index in [1.807, 2.05) is 19.1 Å². The highest BCUT2D eigenvalue weighted by Gasteiger charge is 2.13. The van der Waals surface area contributed by atoms with Crippen LogP contribution in [0.4, 0.5) is 5.82 Å². The van der Waals surface area contributed by atoms with Crippen molar-refractivity contribution in [3.63, 3.8) is 0 Å². The van der Waals surface area contributed by atoms with Crippen molar-refractivity contribution in [3.8, 4) is 0 Å². The lowest BCUT2D eigenvalue weighted by molar-refractivity contribution is 0.0495. The Bertz CT molecular complexity index is 552. The monoisotopic (exact) mass is 244 g/mol. The summed E-state index contributed by atoms with van der Waals surface area (Å²) in [5.74, 6) is 0.818. The smallest absolute Gasteiger partial charge is 0.170 e. The van der Waals surface area contributed by atoms with Crippen molar-refractivity contribution < 1.29 is 4.74 Å². The topological polar surface area (TPSA) is 50.3 Å². The number of hydrogen-bond acceptors (Lipinski definition) is 5. The first-order chi connectivity index (χ1) is 8.84. The van der Waals surface area contributed by atoms with Crippen LogP contribution in [0.2, 0.25) is 0 Å². The number of aromatic nitrogens is 2. The van der Waals surface area contributed by atoms with Gasteiger partial charge >= 0.3 is 0 Å². The van der Waals surface area contributed by atoms with Gasteiger partial charge in [0.1, 0.15) is 0 Å². The fourth-order valence-electron chi connectivity index (χ4n) is 2.15. The van der Waals surface area contributed by atoms with E-state index in [0.717, 1.165) is 48.6 Å². The van der Waals surface area contributed by atoms with E-state index in [9.17, 15) is 0 Å². The highest BCUT2D eigenvalue weighted by atomic mass is 16.5. The van der Waals surface area contributed by atoms with Crippen molar-refractivity contribution >= 4 is 16.6 Å². The number of hydrogen-bond donors (Lipinski definition) is 1. The number of rotatable bonds is 2. The molecule has 3 rings (SSSR count). The summed E-state index contributed by atoms with van der Waals surface area (Å²) in [4.78, 5) is 0. The fourth-order valence-corrected chi connectivity index (χ4v) is 2.15. The van der Waals surface area contributed by atoms with Gasteiger partial charge in [-0.15, -0.1) is 5.10 Å². The van der Waals surface area contributed by atoms with Crippen molar-refractivity contribution in [2.45, 2.75) is 6.92 Å². The number of ether oxygens (including phenoxy) is 1. The minimum absolute atomic E-state index is 0.754. The molecule has 0 bridgehead atoms. The highest BCUT2D eigenvalue weighted by Crippen LogP contribution is 2.22. The third kappa shape index (κ3) is 2.14. The van der Waals surface area contributed by atoms with Gasteiger partial charge in [-0.05, 0) is 6.92 Å². The van der Waals surface area contributed by atoms with Crippen molar-refractivity contribution in [1.29, 1.82) is 0 Å². The molecule has 1 fully saturated rings. The average molecular weight is 244 g/mol. The third-order valence-corrected chi connectivity index (χ3v) is 3.15. The first kappa shape index (κ1) is 11.4. The third-order valence-electron chi connectivity index (χ3n) is 3.15. The van der Waals surface area contributed by atoms with Gasteiger partial charge in [-0.2, -0.15) is 5.10 Å². The van der Waals surface area contributed by atoms with Crippen LogP contribution in [-0.2, 0) is 4.74 Å². The Morgan fingerprint density at radius 1 is 1.11 bits per heavy atom. The summed E-state index contributed by atoms with van der Waals surface area (Å²) in [5.41, 5.74) is 4.29. The number of fused-ring (bicyclic) bond motifs is 1. The summed E-state index contributed by atoms with van der Waals surface area (Å²) in [5, 5.41) is 12.8. The van der Waals surface area contributed by atoms with Crippen LogP contribution in [0, 0.1) is 6.92 Å². The van der Waals surface area contributed by atoms with Gasteiger partial charge in [0.15, 0.2) is 5.82 Å². The SMILES string of the molecule is Cc1nnc(NN2CCOCC2)c2ccccc12. The zero-order valence-electron chi connectivity index (χ0n) is 10.4. The molecule has 1 aliphatic heterocycles. The maximum atomic E-state index is 5.33. The summed E-state index contributed by atoms with van der Waals surface area (Å²) >= 11 is 0. The van der Waals surface area contributed by atoms with Gasteiger partial charge in [0.2, 0.25) is 0 Å². The zero-order chi connectivity index (χ0) is 12.4. The van der Waals surface area contributed by atoms with Gasteiger partial charge < -0.3 is 10.2 Å². The van der Waals surface area contributed by atoms with E-state index in [-0.39, 0.29) is 0 Å². The van der Waals surface area contributed by atoms with Crippen LogP contribution in [0.5, 0.6) is 0 Å². The number of morpholine rings is 1. The molecule has 0 atom stereocenters. The number of nitrogens with zero attached hydrogens (tertiary/aromatic N) is 3. The number of anilines is 1. The molecule has 5 nitrogen and oxygen atoms in total. The van der Waals surface area contributed by atoms with E-state index in [2.05, 4.69) is 32.8 Å². The lowest BCUT2D eigenvalue weighted by Gasteiger charge is -2.27. The second-order valence-electron chi connectivity index (χ2n) is 4.39. The normalized spacial score (nSPS) is 16.9. The van der Waals surface area contributed by atoms with Crippen molar-refractivity contribution in [2.24, 2.45) is 0 Å². The molecule has 0 aliphatic carbocycles. The molecule has 5 heteroatoms. The van der Waals surface area contributed by atoms with Crippen LogP contribution in [0.15, 0.2) is 24.3 Å². The lowest BCUT2D eigenvalue weighted by Crippen LogP contribution is -2.40. The lowest BCUT2D eigenvalue weighted by atomic mass is 10.1. The fraction of sp³-hybridized carbons (Fsp3) is 0.385. The summed E-state index contributed by atoms with van der Waals surface area (Å²) in [6, 6.07) is 8.19. The van der Waals surface area contributed by atoms with Gasteiger partial charge in [-0.1, -0.05) is 24.3 Å². The highest BCUT2D eigenvalue weighted by molar-refractivity contribution is 5.92. The molecule has 0 unspecified atom stereocenters. The summed E-state index contributed by atoms with van der Waals surface area (Å²) < 4.78 is 5.33. The number of hydrazine groups is 1. The quantitative estimate of drug-likeness (QED) is 0.869. The van der Waals surface area contributed by atoms with E-state index >= 15 is 0 Å². The molecular weight excluding hydrogens is 228 g/mol. The minimum Gasteiger partial charge on any atom is -0.379 e. The molecule has 94 valence electrons. The molecule has 1 aromatic heterocycles. The van der Waals surface area contributed by atoms with E-state index in [4.69, 9.17) is 4.74 Å². The Kier molecular flexibility index (Phi) is 3.08. The largest absolute Gasteiger partial charge is 0.379 e. The summed E-state index contributed by atoms with van der Waals surface area (Å²) in [7, 11) is 0. The van der Waals surface area contributed by atoms with Crippen molar-refractivity contribution in [2.75, 3.05) is 31.7 Å². The minimum atomic E-state index is 0.754. The van der Waals surface area contributed by atoms with Gasteiger partial charge in [0.25, 0.3) is 0 Å². The van der Waals surface area contributed by atoms with E-state index in [0.29, 0.717) is 0 Å². The second kappa shape index (κ2) is 4.88. The summed E-state index contributed by atoms with van der Waals surface area (Å²) in [6.07, 6.45) is 0. The Morgan fingerprint density at radius 2 is 1.83 bits per heavy atom. The average Bonchev–Trinajstić information content (AvgIpc) is 2.44. The van der Waals surface area contributed by atoms with E-state index in [1.165, 1.54) is 0 Å². The van der Waals surface area contributed by atoms with Crippen LogP contribution < -0.4 is 5.43 Å². The zero-order valence-corrected chi connectivity index (χ0v) is 10.4.